The molecule has 0 unspecified atom stereocenters. The van der Waals surface area contributed by atoms with Gasteiger partial charge in [0.2, 0.25) is 0 Å². The number of nitrogens with two attached hydrogens (primary N) is 2. The first kappa shape index (κ1) is 33.4. The molecule has 14 heteroatoms. The van der Waals surface area contributed by atoms with E-state index < -0.39 is 29.5 Å². The Morgan fingerprint density at radius 2 is 1.87 bits per heavy atom. The number of halogens is 3. The summed E-state index contributed by atoms with van der Waals surface area (Å²) in [5.41, 5.74) is 7.73. The van der Waals surface area contributed by atoms with Crippen LogP contribution >= 0.6 is 0 Å². The van der Waals surface area contributed by atoms with Crippen molar-refractivity contribution < 1.29 is 27.5 Å². The molecular weight excluding hydrogens is 613 g/mol. The maximum absolute atomic E-state index is 13.9. The van der Waals surface area contributed by atoms with Crippen LogP contribution in [0.15, 0.2) is 66.9 Å². The Bertz CT molecular complexity index is 1660. The third-order valence-corrected chi connectivity index (χ3v) is 7.68. The van der Waals surface area contributed by atoms with Gasteiger partial charge in [-0.3, -0.25) is 4.90 Å². The fraction of sp³-hybridized carbons (Fsp3) is 0.364. The normalized spacial score (nSPS) is 16.3. The summed E-state index contributed by atoms with van der Waals surface area (Å²) in [6, 6.07) is 14.9. The van der Waals surface area contributed by atoms with Gasteiger partial charge in [0.1, 0.15) is 5.60 Å². The van der Waals surface area contributed by atoms with Crippen LogP contribution < -0.4 is 32.0 Å². The number of carbonyl (C=O) groups is 2. The number of nitrogens with zero attached hydrogens (tertiary/aromatic N) is 4. The monoisotopic (exact) mass is 652 g/mol. The van der Waals surface area contributed by atoms with Crippen LogP contribution in [-0.4, -0.2) is 59.9 Å². The lowest BCUT2D eigenvalue weighted by Crippen LogP contribution is -2.56. The highest BCUT2D eigenvalue weighted by atomic mass is 19.4. The molecule has 5 rings (SSSR count). The van der Waals surface area contributed by atoms with Gasteiger partial charge in [-0.1, -0.05) is 24.3 Å². The molecule has 3 amide bonds. The van der Waals surface area contributed by atoms with E-state index in [0.717, 1.165) is 37.2 Å². The van der Waals surface area contributed by atoms with Crippen LogP contribution in [0.5, 0.6) is 0 Å². The van der Waals surface area contributed by atoms with E-state index in [1.54, 1.807) is 62.1 Å². The van der Waals surface area contributed by atoms with E-state index in [9.17, 15) is 22.8 Å². The standard InChI is InChI=1S/C33H39F3N8O3/c1-32(2,3)47-31(46)39-14-16-43(38)20-26(37)21-7-5-10-24(18-21)40-30(45)44-25-11-6-15-42(19-25)28-13-12-27(41-29(28)44)22-8-4-9-23(17-22)33(34,35)36/h4-5,7-10,12-13,17-18,20,25H,6,11,14-16,19,37-38H2,1-3H3,(H,39,46)(H,40,45)/b26-20-/t25-/m0/s1. The third kappa shape index (κ3) is 8.25. The second-order valence-corrected chi connectivity index (χ2v) is 12.5. The van der Waals surface area contributed by atoms with Gasteiger partial charge in [-0.25, -0.2) is 20.4 Å². The number of carbonyl (C=O) groups excluding carboxylic acids is 2. The number of pyridine rings is 1. The van der Waals surface area contributed by atoms with Crippen molar-refractivity contribution in [3.63, 3.8) is 0 Å². The zero-order chi connectivity index (χ0) is 33.9. The number of hydrazine groups is 1. The SMILES string of the molecule is CC(C)(C)OC(=O)NCCN(N)/C=C(\N)c1cccc(NC(=O)N2c3nc(-c4cccc(C(F)(F)F)c4)ccc3N3CCC[C@H]2C3)c1. The number of hydrogen-bond acceptors (Lipinski definition) is 8. The number of ether oxygens (including phenoxy) is 1. The molecule has 11 nitrogen and oxygen atoms in total. The van der Waals surface area contributed by atoms with E-state index in [0.29, 0.717) is 40.6 Å². The molecule has 0 aliphatic carbocycles. The average molecular weight is 653 g/mol. The van der Waals surface area contributed by atoms with Crippen LogP contribution in [0.25, 0.3) is 17.0 Å². The van der Waals surface area contributed by atoms with Crippen molar-refractivity contribution in [1.82, 2.24) is 15.3 Å². The van der Waals surface area contributed by atoms with E-state index in [4.69, 9.17) is 21.3 Å². The predicted molar refractivity (Wildman–Crippen MR) is 175 cm³/mol. The number of anilines is 3. The lowest BCUT2D eigenvalue weighted by atomic mass is 9.99. The minimum atomic E-state index is -4.49. The van der Waals surface area contributed by atoms with Crippen molar-refractivity contribution in [1.29, 1.82) is 0 Å². The number of rotatable bonds is 7. The number of alkyl carbamates (subject to hydrolysis) is 1. The van der Waals surface area contributed by atoms with Crippen LogP contribution in [0.1, 0.15) is 44.7 Å². The summed E-state index contributed by atoms with van der Waals surface area (Å²) in [6.45, 7) is 7.22. The molecule has 2 bridgehead atoms. The summed E-state index contributed by atoms with van der Waals surface area (Å²) >= 11 is 0. The van der Waals surface area contributed by atoms with Gasteiger partial charge in [0.05, 0.1) is 35.2 Å². The highest BCUT2D eigenvalue weighted by molar-refractivity contribution is 6.04. The number of fused-ring (bicyclic) bond motifs is 4. The summed E-state index contributed by atoms with van der Waals surface area (Å²) in [5.74, 6) is 6.45. The number of alkyl halides is 3. The molecule has 2 aromatic carbocycles. The lowest BCUT2D eigenvalue weighted by Gasteiger charge is -2.45. The van der Waals surface area contributed by atoms with Gasteiger partial charge in [0.15, 0.2) is 5.82 Å². The van der Waals surface area contributed by atoms with E-state index in [1.165, 1.54) is 17.3 Å². The molecule has 3 aromatic rings. The first-order valence-electron chi connectivity index (χ1n) is 15.3. The molecule has 1 fully saturated rings. The summed E-state index contributed by atoms with van der Waals surface area (Å²) in [7, 11) is 0. The van der Waals surface area contributed by atoms with Gasteiger partial charge in [-0.05, 0) is 70.0 Å². The zero-order valence-corrected chi connectivity index (χ0v) is 26.5. The molecular formula is C33H39F3N8O3. The maximum Gasteiger partial charge on any atom is 0.416 e. The summed E-state index contributed by atoms with van der Waals surface area (Å²) < 4.78 is 45.5. The number of benzene rings is 2. The Morgan fingerprint density at radius 3 is 2.62 bits per heavy atom. The quantitative estimate of drug-likeness (QED) is 0.187. The second-order valence-electron chi connectivity index (χ2n) is 12.5. The topological polar surface area (TPSA) is 142 Å². The van der Waals surface area contributed by atoms with Gasteiger partial charge in [-0.15, -0.1) is 0 Å². The number of urea groups is 1. The molecule has 1 atom stereocenters. The minimum Gasteiger partial charge on any atom is -0.444 e. The molecule has 250 valence electrons. The Morgan fingerprint density at radius 1 is 1.11 bits per heavy atom. The van der Waals surface area contributed by atoms with Crippen molar-refractivity contribution >= 4 is 35.0 Å². The van der Waals surface area contributed by atoms with E-state index in [2.05, 4.69) is 15.5 Å². The minimum absolute atomic E-state index is 0.172. The van der Waals surface area contributed by atoms with Crippen molar-refractivity contribution in [2.75, 3.05) is 41.3 Å². The number of amides is 3. The Balaban J connectivity index is 1.32. The summed E-state index contributed by atoms with van der Waals surface area (Å²) in [5, 5.41) is 6.92. The van der Waals surface area contributed by atoms with Crippen LogP contribution in [0, 0.1) is 0 Å². The van der Waals surface area contributed by atoms with Crippen molar-refractivity contribution in [2.24, 2.45) is 11.6 Å². The van der Waals surface area contributed by atoms with E-state index in [1.807, 2.05) is 6.07 Å². The summed E-state index contributed by atoms with van der Waals surface area (Å²) in [4.78, 5) is 34.2. The van der Waals surface area contributed by atoms with Gasteiger partial charge in [0, 0.05) is 42.6 Å². The van der Waals surface area contributed by atoms with Gasteiger partial charge >= 0.3 is 18.3 Å². The smallest absolute Gasteiger partial charge is 0.416 e. The molecule has 1 aromatic heterocycles. The molecule has 2 aliphatic heterocycles. The van der Waals surface area contributed by atoms with Crippen molar-refractivity contribution in [3.8, 4) is 11.3 Å². The van der Waals surface area contributed by atoms with Gasteiger partial charge in [-0.2, -0.15) is 13.2 Å². The highest BCUT2D eigenvalue weighted by Gasteiger charge is 2.38. The number of hydrogen-bond donors (Lipinski definition) is 4. The number of aromatic nitrogens is 1. The van der Waals surface area contributed by atoms with E-state index >= 15 is 0 Å². The number of nitrogens with one attached hydrogen (secondary N) is 2. The third-order valence-electron chi connectivity index (χ3n) is 7.68. The Labute approximate surface area is 271 Å². The van der Waals surface area contributed by atoms with Crippen LogP contribution in [-0.2, 0) is 10.9 Å². The Kier molecular flexibility index (Phi) is 9.52. The molecule has 0 radical (unpaired) electrons. The summed E-state index contributed by atoms with van der Waals surface area (Å²) in [6.07, 6.45) is -1.89. The molecule has 0 spiro atoms. The number of piperidine rings is 1. The van der Waals surface area contributed by atoms with Crippen molar-refractivity contribution in [2.45, 2.75) is 51.4 Å². The van der Waals surface area contributed by atoms with Crippen LogP contribution in [0.4, 0.5) is 40.0 Å². The fourth-order valence-electron chi connectivity index (χ4n) is 5.58. The molecule has 1 saturated heterocycles. The average Bonchev–Trinajstić information content (AvgIpc) is 3.00. The zero-order valence-electron chi connectivity index (χ0n) is 26.5. The van der Waals surface area contributed by atoms with Crippen LogP contribution in [0.2, 0.25) is 0 Å². The Hall–Kier alpha value is -4.98. The molecule has 3 heterocycles. The first-order chi connectivity index (χ1) is 22.2. The maximum atomic E-state index is 13.9. The first-order valence-corrected chi connectivity index (χ1v) is 15.3. The fourth-order valence-corrected chi connectivity index (χ4v) is 5.58. The molecule has 6 N–H and O–H groups in total. The molecule has 47 heavy (non-hydrogen) atoms. The second kappa shape index (κ2) is 13.4. The van der Waals surface area contributed by atoms with E-state index in [-0.39, 0.29) is 19.1 Å². The predicted octanol–water partition coefficient (Wildman–Crippen LogP) is 5.75. The molecule has 2 aliphatic rings. The van der Waals surface area contributed by atoms with Crippen molar-refractivity contribution in [3.05, 3.63) is 78.0 Å². The highest BCUT2D eigenvalue weighted by Crippen LogP contribution is 2.40. The van der Waals surface area contributed by atoms with Crippen LogP contribution in [0.3, 0.4) is 0 Å². The molecule has 0 saturated carbocycles. The largest absolute Gasteiger partial charge is 0.444 e. The lowest BCUT2D eigenvalue weighted by molar-refractivity contribution is -0.137. The van der Waals surface area contributed by atoms with Gasteiger partial charge < -0.3 is 31.0 Å². The van der Waals surface area contributed by atoms with Gasteiger partial charge in [0.25, 0.3) is 0 Å².